The first-order chi connectivity index (χ1) is 12.6. The highest BCUT2D eigenvalue weighted by molar-refractivity contribution is 5.92. The molecular formula is C22H26N2O3. The van der Waals surface area contributed by atoms with Crippen LogP contribution in [0.25, 0.3) is 0 Å². The lowest BCUT2D eigenvalue weighted by Gasteiger charge is -2.45. The number of carbonyl (C=O) groups is 1. The SMILES string of the molecule is Cc1cc2c(cc1C=Nc1ccc(O)c(C(=O)O)c1)C(C)CC(C)(C)N2C. The van der Waals surface area contributed by atoms with Crippen LogP contribution in [0.1, 0.15) is 60.2 Å². The predicted molar refractivity (Wildman–Crippen MR) is 109 cm³/mol. The normalized spacial score (nSPS) is 18.6. The molecule has 5 heteroatoms. The van der Waals surface area contributed by atoms with E-state index in [1.807, 2.05) is 0 Å². The number of hydrogen-bond donors (Lipinski definition) is 2. The van der Waals surface area contributed by atoms with Gasteiger partial charge in [-0.3, -0.25) is 4.99 Å². The lowest BCUT2D eigenvalue weighted by Crippen LogP contribution is -2.45. The lowest BCUT2D eigenvalue weighted by molar-refractivity contribution is 0.0694. The summed E-state index contributed by atoms with van der Waals surface area (Å²) in [6, 6.07) is 8.72. The standard InChI is InChI=1S/C22H26N2O3/c1-13-8-19-17(14(2)11-22(3,4)24(19)5)9-15(13)12-23-16-6-7-20(25)18(10-16)21(26)27/h6-10,12,14,25H,11H2,1-5H3,(H,26,27). The van der Waals surface area contributed by atoms with Gasteiger partial charge in [0.1, 0.15) is 11.3 Å². The van der Waals surface area contributed by atoms with Crippen molar-refractivity contribution in [2.45, 2.75) is 45.6 Å². The molecule has 0 saturated carbocycles. The van der Waals surface area contributed by atoms with Gasteiger partial charge in [-0.25, -0.2) is 4.79 Å². The Kier molecular flexibility index (Phi) is 4.72. The number of rotatable bonds is 3. The molecule has 0 aromatic heterocycles. The number of phenols is 1. The molecule has 0 radical (unpaired) electrons. The molecule has 0 aliphatic carbocycles. The van der Waals surface area contributed by atoms with Crippen molar-refractivity contribution in [3.63, 3.8) is 0 Å². The number of aromatic carboxylic acids is 1. The summed E-state index contributed by atoms with van der Waals surface area (Å²) in [5, 5.41) is 18.8. The third-order valence-electron chi connectivity index (χ3n) is 5.58. The first-order valence-electron chi connectivity index (χ1n) is 9.09. The van der Waals surface area contributed by atoms with Gasteiger partial charge in [0.15, 0.2) is 0 Å². The Morgan fingerprint density at radius 3 is 2.67 bits per heavy atom. The maximum atomic E-state index is 11.2. The maximum absolute atomic E-state index is 11.2. The van der Waals surface area contributed by atoms with E-state index in [1.165, 1.54) is 23.4 Å². The first-order valence-corrected chi connectivity index (χ1v) is 9.09. The van der Waals surface area contributed by atoms with E-state index < -0.39 is 5.97 Å². The Morgan fingerprint density at radius 1 is 1.30 bits per heavy atom. The Labute approximate surface area is 160 Å². The number of aliphatic imine (C=N–C) groups is 1. The fourth-order valence-electron chi connectivity index (χ4n) is 3.79. The van der Waals surface area contributed by atoms with E-state index in [9.17, 15) is 9.90 Å². The summed E-state index contributed by atoms with van der Waals surface area (Å²) >= 11 is 0. The molecule has 0 saturated heterocycles. The fourth-order valence-corrected chi connectivity index (χ4v) is 3.79. The van der Waals surface area contributed by atoms with Gasteiger partial charge in [-0.15, -0.1) is 0 Å². The number of benzene rings is 2. The van der Waals surface area contributed by atoms with E-state index in [0.29, 0.717) is 11.6 Å². The van der Waals surface area contributed by atoms with Crippen LogP contribution in [-0.2, 0) is 0 Å². The minimum absolute atomic E-state index is 0.119. The molecule has 1 atom stereocenters. The zero-order chi connectivity index (χ0) is 19.9. The smallest absolute Gasteiger partial charge is 0.339 e. The fraction of sp³-hybridized carbons (Fsp3) is 0.364. The minimum Gasteiger partial charge on any atom is -0.507 e. The molecule has 142 valence electrons. The predicted octanol–water partition coefficient (Wildman–Crippen LogP) is 4.87. The van der Waals surface area contributed by atoms with E-state index >= 15 is 0 Å². The van der Waals surface area contributed by atoms with Gasteiger partial charge in [0.25, 0.3) is 0 Å². The highest BCUT2D eigenvalue weighted by Crippen LogP contribution is 2.43. The Hall–Kier alpha value is -2.82. The molecule has 27 heavy (non-hydrogen) atoms. The van der Waals surface area contributed by atoms with Gasteiger partial charge in [0, 0.05) is 24.5 Å². The van der Waals surface area contributed by atoms with Gasteiger partial charge < -0.3 is 15.1 Å². The average Bonchev–Trinajstić information content (AvgIpc) is 2.59. The second-order valence-corrected chi connectivity index (χ2v) is 8.01. The van der Waals surface area contributed by atoms with Gasteiger partial charge in [0.05, 0.1) is 5.69 Å². The number of nitrogens with zero attached hydrogens (tertiary/aromatic N) is 2. The van der Waals surface area contributed by atoms with Gasteiger partial charge in [0.2, 0.25) is 0 Å². The summed E-state index contributed by atoms with van der Waals surface area (Å²) in [5.41, 5.74) is 5.16. The average molecular weight is 366 g/mol. The monoisotopic (exact) mass is 366 g/mol. The molecule has 0 spiro atoms. The van der Waals surface area contributed by atoms with E-state index in [-0.39, 0.29) is 16.9 Å². The van der Waals surface area contributed by atoms with Crippen molar-refractivity contribution >= 4 is 23.6 Å². The number of hydrogen-bond acceptors (Lipinski definition) is 4. The van der Waals surface area contributed by atoms with Crippen LogP contribution in [0.3, 0.4) is 0 Å². The number of carboxylic acids is 1. The second-order valence-electron chi connectivity index (χ2n) is 8.01. The van der Waals surface area contributed by atoms with E-state index in [4.69, 9.17) is 5.11 Å². The van der Waals surface area contributed by atoms with Gasteiger partial charge in [-0.1, -0.05) is 6.92 Å². The zero-order valence-corrected chi connectivity index (χ0v) is 16.4. The van der Waals surface area contributed by atoms with Gasteiger partial charge in [-0.2, -0.15) is 0 Å². The Balaban J connectivity index is 1.98. The molecule has 2 aromatic carbocycles. The molecule has 5 nitrogen and oxygen atoms in total. The molecule has 0 amide bonds. The molecule has 2 aromatic rings. The van der Waals surface area contributed by atoms with Crippen molar-refractivity contribution in [1.29, 1.82) is 0 Å². The first kappa shape index (κ1) is 19.0. The number of aromatic hydroxyl groups is 1. The maximum Gasteiger partial charge on any atom is 0.339 e. The lowest BCUT2D eigenvalue weighted by atomic mass is 9.79. The van der Waals surface area contributed by atoms with Crippen LogP contribution in [0.4, 0.5) is 11.4 Å². The molecule has 1 heterocycles. The molecule has 1 aliphatic rings. The quantitative estimate of drug-likeness (QED) is 0.760. The van der Waals surface area contributed by atoms with Crippen LogP contribution in [0, 0.1) is 6.92 Å². The summed E-state index contributed by atoms with van der Waals surface area (Å²) in [5.74, 6) is -0.980. The summed E-state index contributed by atoms with van der Waals surface area (Å²) in [6.07, 6.45) is 2.84. The third kappa shape index (κ3) is 3.54. The second kappa shape index (κ2) is 6.72. The number of anilines is 1. The van der Waals surface area contributed by atoms with Crippen LogP contribution in [0.15, 0.2) is 35.3 Å². The van der Waals surface area contributed by atoms with Gasteiger partial charge >= 0.3 is 5.97 Å². The molecule has 0 bridgehead atoms. The molecule has 2 N–H and O–H groups in total. The van der Waals surface area contributed by atoms with Crippen molar-refractivity contribution in [2.24, 2.45) is 4.99 Å². The summed E-state index contributed by atoms with van der Waals surface area (Å²) < 4.78 is 0. The summed E-state index contributed by atoms with van der Waals surface area (Å²) in [7, 11) is 2.14. The highest BCUT2D eigenvalue weighted by Gasteiger charge is 2.34. The van der Waals surface area contributed by atoms with Crippen LogP contribution >= 0.6 is 0 Å². The summed E-state index contributed by atoms with van der Waals surface area (Å²) in [6.45, 7) is 8.84. The third-order valence-corrected chi connectivity index (χ3v) is 5.58. The largest absolute Gasteiger partial charge is 0.507 e. The zero-order valence-electron chi connectivity index (χ0n) is 16.4. The van der Waals surface area contributed by atoms with Gasteiger partial charge in [-0.05, 0) is 80.1 Å². The topological polar surface area (TPSA) is 73.1 Å². The number of aryl methyl sites for hydroxylation is 1. The molecule has 1 aliphatic heterocycles. The van der Waals surface area contributed by atoms with Crippen LogP contribution < -0.4 is 4.90 Å². The minimum atomic E-state index is -1.17. The Bertz CT molecular complexity index is 931. The molecular weight excluding hydrogens is 340 g/mol. The molecule has 0 fully saturated rings. The highest BCUT2D eigenvalue weighted by atomic mass is 16.4. The van der Waals surface area contributed by atoms with Crippen molar-refractivity contribution in [3.8, 4) is 5.75 Å². The molecule has 3 rings (SSSR count). The van der Waals surface area contributed by atoms with Crippen LogP contribution in [-0.4, -0.2) is 35.0 Å². The molecule has 1 unspecified atom stereocenters. The Morgan fingerprint density at radius 2 is 2.00 bits per heavy atom. The van der Waals surface area contributed by atoms with E-state index in [0.717, 1.165) is 17.5 Å². The van der Waals surface area contributed by atoms with Crippen molar-refractivity contribution < 1.29 is 15.0 Å². The van der Waals surface area contributed by atoms with E-state index in [2.05, 4.69) is 56.8 Å². The van der Waals surface area contributed by atoms with Crippen molar-refractivity contribution in [3.05, 3.63) is 52.6 Å². The number of fused-ring (bicyclic) bond motifs is 1. The van der Waals surface area contributed by atoms with Crippen molar-refractivity contribution in [2.75, 3.05) is 11.9 Å². The van der Waals surface area contributed by atoms with Crippen LogP contribution in [0.2, 0.25) is 0 Å². The van der Waals surface area contributed by atoms with Crippen LogP contribution in [0.5, 0.6) is 5.75 Å². The van der Waals surface area contributed by atoms with E-state index in [1.54, 1.807) is 12.3 Å². The van der Waals surface area contributed by atoms with Crippen molar-refractivity contribution in [1.82, 2.24) is 0 Å². The number of carboxylic acid groups (broad SMARTS) is 1. The summed E-state index contributed by atoms with van der Waals surface area (Å²) in [4.78, 5) is 17.9.